The molecule has 3 amide bonds. The van der Waals surface area contributed by atoms with Crippen molar-refractivity contribution in [2.75, 3.05) is 0 Å². The third-order valence-electron chi connectivity index (χ3n) is 0.817. The molecule has 0 aliphatic rings. The zero-order valence-corrected chi connectivity index (χ0v) is 7.07. The van der Waals surface area contributed by atoms with Crippen LogP contribution in [-0.4, -0.2) is 18.3 Å². The smallest absolute Gasteiger partial charge is 0.326 e. The molecule has 0 spiro atoms. The Balaban J connectivity index is 3.63. The molecule has 0 saturated heterocycles. The summed E-state index contributed by atoms with van der Waals surface area (Å²) in [6.07, 6.45) is 3.81. The first-order valence-electron chi connectivity index (χ1n) is 3.37. The minimum absolute atomic E-state index is 0.440. The molecule has 0 rings (SSSR count). The molecule has 0 aromatic rings. The number of carbonyl (C=O) groups is 2. The van der Waals surface area contributed by atoms with E-state index in [1.165, 1.54) is 19.3 Å². The Hall–Kier alpha value is -1.89. The van der Waals surface area contributed by atoms with Gasteiger partial charge in [-0.15, -0.1) is 0 Å². The lowest BCUT2D eigenvalue weighted by atomic mass is 10.7. The zero-order valence-electron chi connectivity index (χ0n) is 7.07. The second-order valence-electron chi connectivity index (χ2n) is 1.92. The van der Waals surface area contributed by atoms with Crippen LogP contribution in [0.15, 0.2) is 17.4 Å². The first-order chi connectivity index (χ1) is 6.16. The standard InChI is InChI=1S/C6H11N5O2/c1-5(12)11-6(13)9-4-8-2-3-10-7/h2-4,10H,7H2,1H3,(H2,8,9,11,12,13)/b3-2-. The number of nitrogens with zero attached hydrogens (tertiary/aromatic N) is 1. The van der Waals surface area contributed by atoms with E-state index < -0.39 is 11.9 Å². The second kappa shape index (κ2) is 6.80. The van der Waals surface area contributed by atoms with E-state index in [2.05, 4.69) is 15.7 Å². The third kappa shape index (κ3) is 8.01. The summed E-state index contributed by atoms with van der Waals surface area (Å²) in [5.74, 6) is 4.44. The lowest BCUT2D eigenvalue weighted by Gasteiger charge is -1.96. The van der Waals surface area contributed by atoms with Crippen molar-refractivity contribution in [2.24, 2.45) is 10.8 Å². The fourth-order valence-corrected chi connectivity index (χ4v) is 0.421. The number of aliphatic imine (C=N–C) groups is 1. The van der Waals surface area contributed by atoms with Crippen LogP contribution in [0.4, 0.5) is 4.79 Å². The molecule has 0 aromatic heterocycles. The van der Waals surface area contributed by atoms with Crippen LogP contribution >= 0.6 is 0 Å². The Morgan fingerprint density at radius 1 is 1.46 bits per heavy atom. The van der Waals surface area contributed by atoms with E-state index in [0.717, 1.165) is 6.34 Å². The van der Waals surface area contributed by atoms with Crippen LogP contribution in [0.3, 0.4) is 0 Å². The van der Waals surface area contributed by atoms with Gasteiger partial charge < -0.3 is 5.43 Å². The maximum absolute atomic E-state index is 10.7. The molecule has 0 bridgehead atoms. The number of nitrogens with one attached hydrogen (secondary N) is 3. The Kier molecular flexibility index (Phi) is 5.81. The fraction of sp³-hybridized carbons (Fsp3) is 0.167. The molecule has 0 heterocycles. The Labute approximate surface area is 75.1 Å². The number of nitrogens with two attached hydrogens (primary N) is 1. The number of urea groups is 1. The van der Waals surface area contributed by atoms with Gasteiger partial charge in [0.05, 0.1) is 6.34 Å². The highest BCUT2D eigenvalue weighted by Crippen LogP contribution is 1.67. The van der Waals surface area contributed by atoms with Crippen molar-refractivity contribution in [3.8, 4) is 0 Å². The molecule has 0 unspecified atom stereocenters. The SMILES string of the molecule is CC(=O)NC(=O)N/C=N\C=C/NN. The van der Waals surface area contributed by atoms with Gasteiger partial charge in [0.15, 0.2) is 0 Å². The predicted molar refractivity (Wildman–Crippen MR) is 47.3 cm³/mol. The third-order valence-corrected chi connectivity index (χ3v) is 0.817. The minimum Gasteiger partial charge on any atom is -0.330 e. The van der Waals surface area contributed by atoms with Gasteiger partial charge >= 0.3 is 6.03 Å². The number of hydrogen-bond donors (Lipinski definition) is 4. The van der Waals surface area contributed by atoms with Gasteiger partial charge in [0.25, 0.3) is 0 Å². The Morgan fingerprint density at radius 3 is 2.69 bits per heavy atom. The van der Waals surface area contributed by atoms with Gasteiger partial charge in [0, 0.05) is 19.3 Å². The van der Waals surface area contributed by atoms with Crippen molar-refractivity contribution >= 4 is 18.3 Å². The summed E-state index contributed by atoms with van der Waals surface area (Å²) >= 11 is 0. The van der Waals surface area contributed by atoms with E-state index in [-0.39, 0.29) is 0 Å². The summed E-state index contributed by atoms with van der Waals surface area (Å²) in [5.41, 5.74) is 2.21. The molecular weight excluding hydrogens is 174 g/mol. The van der Waals surface area contributed by atoms with Crippen LogP contribution < -0.4 is 21.9 Å². The van der Waals surface area contributed by atoms with E-state index in [9.17, 15) is 9.59 Å². The molecule has 0 aromatic carbocycles. The molecule has 7 heteroatoms. The molecule has 13 heavy (non-hydrogen) atoms. The van der Waals surface area contributed by atoms with Crippen molar-refractivity contribution in [1.82, 2.24) is 16.1 Å². The van der Waals surface area contributed by atoms with Crippen LogP contribution in [0.2, 0.25) is 0 Å². The Morgan fingerprint density at radius 2 is 2.15 bits per heavy atom. The molecule has 0 saturated carbocycles. The summed E-state index contributed by atoms with van der Waals surface area (Å²) < 4.78 is 0. The molecule has 0 aliphatic carbocycles. The van der Waals surface area contributed by atoms with Gasteiger partial charge in [-0.25, -0.2) is 9.79 Å². The summed E-state index contributed by atoms with van der Waals surface area (Å²) in [4.78, 5) is 24.6. The average Bonchev–Trinajstić information content (AvgIpc) is 2.02. The maximum Gasteiger partial charge on any atom is 0.326 e. The highest BCUT2D eigenvalue weighted by Gasteiger charge is 1.97. The topological polar surface area (TPSA) is 109 Å². The van der Waals surface area contributed by atoms with E-state index in [4.69, 9.17) is 5.84 Å². The average molecular weight is 185 g/mol. The molecule has 0 aliphatic heterocycles. The molecule has 7 nitrogen and oxygen atoms in total. The van der Waals surface area contributed by atoms with E-state index in [1.807, 2.05) is 5.32 Å². The van der Waals surface area contributed by atoms with Gasteiger partial charge in [-0.05, 0) is 0 Å². The largest absolute Gasteiger partial charge is 0.330 e. The number of imide groups is 1. The van der Waals surface area contributed by atoms with Crippen LogP contribution in [-0.2, 0) is 4.79 Å². The van der Waals surface area contributed by atoms with Crippen molar-refractivity contribution < 1.29 is 9.59 Å². The van der Waals surface area contributed by atoms with Crippen molar-refractivity contribution in [3.05, 3.63) is 12.4 Å². The maximum atomic E-state index is 10.7. The van der Waals surface area contributed by atoms with Gasteiger partial charge in [-0.2, -0.15) is 0 Å². The van der Waals surface area contributed by atoms with Gasteiger partial charge in [-0.1, -0.05) is 0 Å². The zero-order chi connectivity index (χ0) is 10.1. The number of amides is 3. The van der Waals surface area contributed by atoms with Crippen molar-refractivity contribution in [1.29, 1.82) is 0 Å². The molecule has 0 fully saturated rings. The Bertz CT molecular complexity index is 235. The van der Waals surface area contributed by atoms with Crippen LogP contribution in [0.25, 0.3) is 0 Å². The normalized spacial score (nSPS) is 10.3. The number of hydrogen-bond acceptors (Lipinski definition) is 5. The van der Waals surface area contributed by atoms with E-state index in [0.29, 0.717) is 0 Å². The summed E-state index contributed by atoms with van der Waals surface area (Å²) in [5, 5.41) is 4.18. The highest BCUT2D eigenvalue weighted by molar-refractivity contribution is 5.97. The second-order valence-corrected chi connectivity index (χ2v) is 1.92. The molecule has 0 radical (unpaired) electrons. The first kappa shape index (κ1) is 11.1. The summed E-state index contributed by atoms with van der Waals surface area (Å²) in [6, 6.07) is -0.634. The minimum atomic E-state index is -0.634. The van der Waals surface area contributed by atoms with Gasteiger partial charge in [-0.3, -0.25) is 21.3 Å². The molecular formula is C6H11N5O2. The highest BCUT2D eigenvalue weighted by atomic mass is 16.2. The molecule has 5 N–H and O–H groups in total. The van der Waals surface area contributed by atoms with Crippen molar-refractivity contribution in [3.63, 3.8) is 0 Å². The number of rotatable bonds is 3. The van der Waals surface area contributed by atoms with Crippen LogP contribution in [0, 0.1) is 0 Å². The van der Waals surface area contributed by atoms with Crippen molar-refractivity contribution in [2.45, 2.75) is 6.92 Å². The predicted octanol–water partition coefficient (Wildman–Crippen LogP) is -1.21. The number of hydrazine groups is 1. The monoisotopic (exact) mass is 185 g/mol. The van der Waals surface area contributed by atoms with E-state index in [1.54, 1.807) is 0 Å². The molecule has 0 atom stereocenters. The molecule has 72 valence electrons. The number of carbonyl (C=O) groups excluding carboxylic acids is 2. The van der Waals surface area contributed by atoms with Crippen LogP contribution in [0.1, 0.15) is 6.92 Å². The van der Waals surface area contributed by atoms with Crippen LogP contribution in [0.5, 0.6) is 0 Å². The summed E-state index contributed by atoms with van der Waals surface area (Å²) in [7, 11) is 0. The summed E-state index contributed by atoms with van der Waals surface area (Å²) in [6.45, 7) is 1.23. The van der Waals surface area contributed by atoms with Gasteiger partial charge in [0.1, 0.15) is 0 Å². The quantitative estimate of drug-likeness (QED) is 0.191. The van der Waals surface area contributed by atoms with E-state index >= 15 is 0 Å². The lowest BCUT2D eigenvalue weighted by Crippen LogP contribution is -2.37. The first-order valence-corrected chi connectivity index (χ1v) is 3.37. The lowest BCUT2D eigenvalue weighted by molar-refractivity contribution is -0.117. The van der Waals surface area contributed by atoms with Gasteiger partial charge in [0.2, 0.25) is 5.91 Å². The fourth-order valence-electron chi connectivity index (χ4n) is 0.421.